The van der Waals surface area contributed by atoms with Gasteiger partial charge in [0.05, 0.1) is 23.7 Å². The van der Waals surface area contributed by atoms with Crippen LogP contribution in [0.4, 0.5) is 5.69 Å². The molecule has 1 fully saturated rings. The molecule has 1 aliphatic heterocycles. The van der Waals surface area contributed by atoms with Gasteiger partial charge in [0.2, 0.25) is 5.91 Å². The van der Waals surface area contributed by atoms with Crippen LogP contribution in [0.3, 0.4) is 0 Å². The lowest BCUT2D eigenvalue weighted by Gasteiger charge is -2.41. The van der Waals surface area contributed by atoms with Crippen LogP contribution in [-0.4, -0.2) is 10.9 Å². The van der Waals surface area contributed by atoms with Gasteiger partial charge in [-0.25, -0.2) is 0 Å². The van der Waals surface area contributed by atoms with Crippen LogP contribution in [0.1, 0.15) is 18.0 Å². The lowest BCUT2D eigenvalue weighted by Crippen LogP contribution is -2.46. The Morgan fingerprint density at radius 3 is 2.68 bits per heavy atom. The molecule has 2 aromatic carbocycles. The molecule has 2 heterocycles. The number of hydrogen-bond acceptors (Lipinski definition) is 2. The number of pyridine rings is 1. The van der Waals surface area contributed by atoms with Crippen molar-refractivity contribution in [3.05, 3.63) is 71.4 Å². The van der Waals surface area contributed by atoms with Gasteiger partial charge in [-0.3, -0.25) is 9.78 Å². The molecule has 0 saturated carbocycles. The van der Waals surface area contributed by atoms with E-state index in [2.05, 4.69) is 4.98 Å². The summed E-state index contributed by atoms with van der Waals surface area (Å²) in [5, 5.41) is 1.72. The summed E-state index contributed by atoms with van der Waals surface area (Å²) in [6, 6.07) is 17.5. The minimum atomic E-state index is -0.0196. The lowest BCUT2D eigenvalue weighted by atomic mass is 9.92. The van der Waals surface area contributed by atoms with Gasteiger partial charge in [-0.1, -0.05) is 48.0 Å². The van der Waals surface area contributed by atoms with Crippen molar-refractivity contribution in [2.24, 2.45) is 0 Å². The van der Waals surface area contributed by atoms with E-state index in [0.717, 1.165) is 22.2 Å². The molecular formula is C18H13ClN2O. The van der Waals surface area contributed by atoms with Gasteiger partial charge < -0.3 is 4.90 Å². The third-order valence-electron chi connectivity index (χ3n) is 4.08. The largest absolute Gasteiger partial charge is 0.302 e. The number of amides is 1. The molecule has 0 spiro atoms. The summed E-state index contributed by atoms with van der Waals surface area (Å²) in [4.78, 5) is 18.5. The molecule has 0 radical (unpaired) electrons. The molecule has 0 bridgehead atoms. The second kappa shape index (κ2) is 5.11. The Labute approximate surface area is 133 Å². The van der Waals surface area contributed by atoms with Crippen LogP contribution in [0.25, 0.3) is 10.9 Å². The average molecular weight is 309 g/mol. The third-order valence-corrected chi connectivity index (χ3v) is 4.43. The minimum Gasteiger partial charge on any atom is -0.302 e. The van der Waals surface area contributed by atoms with Crippen LogP contribution >= 0.6 is 11.6 Å². The van der Waals surface area contributed by atoms with Crippen molar-refractivity contribution in [2.45, 2.75) is 12.5 Å². The molecule has 1 aromatic heterocycles. The fourth-order valence-corrected chi connectivity index (χ4v) is 3.26. The first-order valence-electron chi connectivity index (χ1n) is 7.16. The summed E-state index contributed by atoms with van der Waals surface area (Å²) < 4.78 is 0. The summed E-state index contributed by atoms with van der Waals surface area (Å²) in [5.41, 5.74) is 2.67. The first-order chi connectivity index (χ1) is 10.8. The summed E-state index contributed by atoms with van der Waals surface area (Å²) in [5.74, 6) is 0.100. The van der Waals surface area contributed by atoms with E-state index in [1.54, 1.807) is 11.1 Å². The molecular weight excluding hydrogens is 296 g/mol. The normalized spacial score (nSPS) is 17.6. The molecule has 22 heavy (non-hydrogen) atoms. The van der Waals surface area contributed by atoms with E-state index in [-0.39, 0.29) is 11.9 Å². The van der Waals surface area contributed by atoms with Crippen molar-refractivity contribution in [3.63, 3.8) is 0 Å². The van der Waals surface area contributed by atoms with Gasteiger partial charge in [-0.2, -0.15) is 0 Å². The summed E-state index contributed by atoms with van der Waals surface area (Å²) in [6.07, 6.45) is 2.23. The van der Waals surface area contributed by atoms with Crippen LogP contribution < -0.4 is 4.90 Å². The van der Waals surface area contributed by atoms with Gasteiger partial charge in [-0.05, 0) is 23.8 Å². The zero-order valence-corrected chi connectivity index (χ0v) is 12.5. The standard InChI is InChI=1S/C18H13ClN2O/c19-14-8-2-1-7-13(14)16-11-17(22)21(16)15-9-3-5-12-6-4-10-20-18(12)15/h1-10,16H,11H2. The van der Waals surface area contributed by atoms with Crippen LogP contribution in [0.15, 0.2) is 60.8 Å². The molecule has 0 aliphatic carbocycles. The number of anilines is 1. The van der Waals surface area contributed by atoms with Crippen molar-refractivity contribution < 1.29 is 4.79 Å². The van der Waals surface area contributed by atoms with Crippen molar-refractivity contribution in [2.75, 3.05) is 4.90 Å². The number of hydrogen-bond donors (Lipinski definition) is 0. The number of carbonyl (C=O) groups is 1. The fraction of sp³-hybridized carbons (Fsp3) is 0.111. The molecule has 4 heteroatoms. The number of para-hydroxylation sites is 1. The quantitative estimate of drug-likeness (QED) is 0.659. The SMILES string of the molecule is O=C1CC(c2ccccc2Cl)N1c1cccc2cccnc12. The Hall–Kier alpha value is -2.39. The number of fused-ring (bicyclic) bond motifs is 1. The number of halogens is 1. The Balaban J connectivity index is 1.83. The highest BCUT2D eigenvalue weighted by atomic mass is 35.5. The summed E-state index contributed by atoms with van der Waals surface area (Å²) in [7, 11) is 0. The summed E-state index contributed by atoms with van der Waals surface area (Å²) >= 11 is 6.30. The molecule has 1 unspecified atom stereocenters. The smallest absolute Gasteiger partial charge is 0.230 e. The molecule has 3 aromatic rings. The number of β-lactam (4-membered cyclic amide) rings is 1. The number of benzene rings is 2. The molecule has 3 nitrogen and oxygen atoms in total. The van der Waals surface area contributed by atoms with Gasteiger partial charge in [0.15, 0.2) is 0 Å². The second-order valence-electron chi connectivity index (χ2n) is 5.36. The monoisotopic (exact) mass is 308 g/mol. The second-order valence-corrected chi connectivity index (χ2v) is 5.76. The molecule has 1 amide bonds. The first kappa shape index (κ1) is 13.3. The number of rotatable bonds is 2. The van der Waals surface area contributed by atoms with Crippen molar-refractivity contribution in [3.8, 4) is 0 Å². The number of aromatic nitrogens is 1. The van der Waals surface area contributed by atoms with E-state index >= 15 is 0 Å². The van der Waals surface area contributed by atoms with Gasteiger partial charge in [0.1, 0.15) is 0 Å². The third kappa shape index (κ3) is 1.97. The van der Waals surface area contributed by atoms with E-state index in [1.807, 2.05) is 54.6 Å². The van der Waals surface area contributed by atoms with E-state index in [9.17, 15) is 4.79 Å². The maximum atomic E-state index is 12.2. The first-order valence-corrected chi connectivity index (χ1v) is 7.54. The predicted octanol–water partition coefficient (Wildman–Crippen LogP) is 4.37. The Bertz CT molecular complexity index is 872. The van der Waals surface area contributed by atoms with Crippen LogP contribution in [0, 0.1) is 0 Å². The van der Waals surface area contributed by atoms with E-state index in [1.165, 1.54) is 0 Å². The Kier molecular flexibility index (Phi) is 3.09. The van der Waals surface area contributed by atoms with Gasteiger partial charge >= 0.3 is 0 Å². The van der Waals surface area contributed by atoms with Crippen molar-refractivity contribution >= 4 is 34.1 Å². The van der Waals surface area contributed by atoms with Crippen LogP contribution in [0.2, 0.25) is 5.02 Å². The maximum absolute atomic E-state index is 12.2. The zero-order valence-electron chi connectivity index (χ0n) is 11.7. The van der Waals surface area contributed by atoms with Crippen LogP contribution in [-0.2, 0) is 4.79 Å². The number of nitrogens with zero attached hydrogens (tertiary/aromatic N) is 2. The van der Waals surface area contributed by atoms with Crippen LogP contribution in [0.5, 0.6) is 0 Å². The van der Waals surface area contributed by atoms with Crippen molar-refractivity contribution in [1.29, 1.82) is 0 Å². The van der Waals surface area contributed by atoms with Gasteiger partial charge in [0, 0.05) is 16.6 Å². The fourth-order valence-electron chi connectivity index (χ4n) is 3.00. The van der Waals surface area contributed by atoms with Gasteiger partial charge in [0.25, 0.3) is 0 Å². The van der Waals surface area contributed by atoms with Crippen molar-refractivity contribution in [1.82, 2.24) is 4.98 Å². The molecule has 0 N–H and O–H groups in total. The lowest BCUT2D eigenvalue weighted by molar-refractivity contribution is -0.124. The Morgan fingerprint density at radius 1 is 1.05 bits per heavy atom. The molecule has 1 saturated heterocycles. The van der Waals surface area contributed by atoms with E-state index in [0.29, 0.717) is 11.4 Å². The highest BCUT2D eigenvalue weighted by molar-refractivity contribution is 6.31. The average Bonchev–Trinajstić information content (AvgIpc) is 2.54. The summed E-state index contributed by atoms with van der Waals surface area (Å²) in [6.45, 7) is 0. The molecule has 1 atom stereocenters. The predicted molar refractivity (Wildman–Crippen MR) is 88.0 cm³/mol. The van der Waals surface area contributed by atoms with E-state index in [4.69, 9.17) is 11.6 Å². The van der Waals surface area contributed by atoms with Gasteiger partial charge in [-0.15, -0.1) is 0 Å². The minimum absolute atomic E-state index is 0.0196. The highest BCUT2D eigenvalue weighted by Gasteiger charge is 2.40. The molecule has 4 rings (SSSR count). The highest BCUT2D eigenvalue weighted by Crippen LogP contribution is 2.43. The topological polar surface area (TPSA) is 33.2 Å². The maximum Gasteiger partial charge on any atom is 0.230 e. The zero-order chi connectivity index (χ0) is 15.1. The Morgan fingerprint density at radius 2 is 1.86 bits per heavy atom. The van der Waals surface area contributed by atoms with E-state index < -0.39 is 0 Å². The molecule has 108 valence electrons. The number of carbonyl (C=O) groups excluding carboxylic acids is 1. The molecule has 1 aliphatic rings.